The summed E-state index contributed by atoms with van der Waals surface area (Å²) in [6.45, 7) is 3.13. The van der Waals surface area contributed by atoms with E-state index in [4.69, 9.17) is 5.26 Å². The summed E-state index contributed by atoms with van der Waals surface area (Å²) >= 11 is 0. The number of rotatable bonds is 4. The minimum absolute atomic E-state index is 0.566. The Morgan fingerprint density at radius 1 is 1.37 bits per heavy atom. The van der Waals surface area contributed by atoms with E-state index in [1.165, 1.54) is 32.1 Å². The van der Waals surface area contributed by atoms with Crippen LogP contribution in [0.1, 0.15) is 50.3 Å². The van der Waals surface area contributed by atoms with Gasteiger partial charge in [-0.05, 0) is 44.7 Å². The molecule has 0 N–H and O–H groups in total. The number of aromatic nitrogens is 1. The normalized spacial score (nSPS) is 23.3. The predicted octanol–water partition coefficient (Wildman–Crippen LogP) is 3.35. The minimum atomic E-state index is 0.566. The van der Waals surface area contributed by atoms with Crippen LogP contribution in [0, 0.1) is 17.2 Å². The Labute approximate surface area is 116 Å². The van der Waals surface area contributed by atoms with Gasteiger partial charge in [-0.25, -0.2) is 4.98 Å². The van der Waals surface area contributed by atoms with Gasteiger partial charge in [0.15, 0.2) is 0 Å². The fourth-order valence-electron chi connectivity index (χ4n) is 3.06. The molecule has 1 heterocycles. The molecule has 0 atom stereocenters. The van der Waals surface area contributed by atoms with E-state index in [2.05, 4.69) is 29.9 Å². The van der Waals surface area contributed by atoms with Gasteiger partial charge in [-0.2, -0.15) is 5.26 Å². The molecule has 0 aromatic carbocycles. The Kier molecular flexibility index (Phi) is 4.93. The number of nitrogens with zero attached hydrogens (tertiary/aromatic N) is 3. The predicted molar refractivity (Wildman–Crippen MR) is 76.5 cm³/mol. The van der Waals surface area contributed by atoms with Gasteiger partial charge in [0.2, 0.25) is 0 Å². The molecule has 1 aliphatic rings. The highest BCUT2D eigenvalue weighted by Crippen LogP contribution is 2.29. The molecule has 102 valence electrons. The summed E-state index contributed by atoms with van der Waals surface area (Å²) in [6.07, 6.45) is 8.29. The monoisotopic (exact) mass is 257 g/mol. The van der Waals surface area contributed by atoms with Crippen LogP contribution in [-0.4, -0.2) is 23.0 Å². The highest BCUT2D eigenvalue weighted by Gasteiger charge is 2.23. The summed E-state index contributed by atoms with van der Waals surface area (Å²) in [5.74, 6) is 0.928. The van der Waals surface area contributed by atoms with Crippen LogP contribution in [0.25, 0.3) is 0 Å². The first-order chi connectivity index (χ1) is 9.24. The molecular weight excluding hydrogens is 234 g/mol. The molecule has 1 fully saturated rings. The molecule has 0 aliphatic heterocycles. The molecule has 0 amide bonds. The highest BCUT2D eigenvalue weighted by atomic mass is 15.1. The first kappa shape index (κ1) is 14.0. The van der Waals surface area contributed by atoms with Crippen molar-refractivity contribution in [1.29, 1.82) is 5.26 Å². The summed E-state index contributed by atoms with van der Waals surface area (Å²) in [5, 5.41) is 9.08. The smallest absolute Gasteiger partial charge is 0.144 e. The van der Waals surface area contributed by atoms with E-state index >= 15 is 0 Å². The fraction of sp³-hybridized carbons (Fsp3) is 0.625. The van der Waals surface area contributed by atoms with E-state index in [1.54, 1.807) is 6.20 Å². The van der Waals surface area contributed by atoms with Gasteiger partial charge in [-0.1, -0.05) is 19.4 Å². The van der Waals surface area contributed by atoms with Crippen molar-refractivity contribution >= 4 is 0 Å². The van der Waals surface area contributed by atoms with E-state index < -0.39 is 0 Å². The van der Waals surface area contributed by atoms with Gasteiger partial charge in [0.1, 0.15) is 11.8 Å². The summed E-state index contributed by atoms with van der Waals surface area (Å²) in [6, 6.07) is 6.77. The van der Waals surface area contributed by atoms with Gasteiger partial charge in [0, 0.05) is 24.3 Å². The molecular formula is C16H23N3. The first-order valence-corrected chi connectivity index (χ1v) is 7.28. The fourth-order valence-corrected chi connectivity index (χ4v) is 3.06. The molecule has 19 heavy (non-hydrogen) atoms. The van der Waals surface area contributed by atoms with Gasteiger partial charge in [-0.15, -0.1) is 0 Å². The topological polar surface area (TPSA) is 39.9 Å². The summed E-state index contributed by atoms with van der Waals surface area (Å²) < 4.78 is 0. The second-order valence-corrected chi connectivity index (χ2v) is 5.62. The Morgan fingerprint density at radius 3 is 2.74 bits per heavy atom. The SMILES string of the molecule is CCC1CCC(N(C)Cc2cccnc2C#N)CC1. The van der Waals surface area contributed by atoms with Crippen molar-refractivity contribution in [3.05, 3.63) is 29.6 Å². The van der Waals surface area contributed by atoms with Crippen LogP contribution < -0.4 is 0 Å². The van der Waals surface area contributed by atoms with Crippen molar-refractivity contribution in [3.63, 3.8) is 0 Å². The third kappa shape index (κ3) is 3.54. The zero-order valence-electron chi connectivity index (χ0n) is 12.0. The van der Waals surface area contributed by atoms with Crippen LogP contribution in [0.15, 0.2) is 18.3 Å². The maximum Gasteiger partial charge on any atom is 0.144 e. The summed E-state index contributed by atoms with van der Waals surface area (Å²) in [4.78, 5) is 6.53. The molecule has 1 aliphatic carbocycles. The van der Waals surface area contributed by atoms with Gasteiger partial charge in [-0.3, -0.25) is 4.90 Å². The molecule has 3 heteroatoms. The van der Waals surface area contributed by atoms with Gasteiger partial charge in [0.25, 0.3) is 0 Å². The number of pyridine rings is 1. The number of nitriles is 1. The lowest BCUT2D eigenvalue weighted by Gasteiger charge is -2.34. The number of hydrogen-bond donors (Lipinski definition) is 0. The zero-order chi connectivity index (χ0) is 13.7. The van der Waals surface area contributed by atoms with Crippen molar-refractivity contribution in [3.8, 4) is 6.07 Å². The molecule has 0 spiro atoms. The third-order valence-electron chi connectivity index (χ3n) is 4.43. The second kappa shape index (κ2) is 6.68. The molecule has 1 aromatic heterocycles. The van der Waals surface area contributed by atoms with Gasteiger partial charge < -0.3 is 0 Å². The Balaban J connectivity index is 1.94. The molecule has 0 bridgehead atoms. The van der Waals surface area contributed by atoms with Crippen LogP contribution in [-0.2, 0) is 6.54 Å². The lowest BCUT2D eigenvalue weighted by atomic mass is 9.84. The van der Waals surface area contributed by atoms with Crippen LogP contribution >= 0.6 is 0 Å². The molecule has 0 radical (unpaired) electrons. The zero-order valence-corrected chi connectivity index (χ0v) is 12.0. The molecule has 1 aromatic rings. The van der Waals surface area contributed by atoms with E-state index in [1.807, 2.05) is 12.1 Å². The Morgan fingerprint density at radius 2 is 2.11 bits per heavy atom. The third-order valence-corrected chi connectivity index (χ3v) is 4.43. The van der Waals surface area contributed by atoms with Crippen molar-refractivity contribution in [2.45, 2.75) is 51.6 Å². The summed E-state index contributed by atoms with van der Waals surface area (Å²) in [5.41, 5.74) is 1.61. The van der Waals surface area contributed by atoms with Crippen LogP contribution in [0.3, 0.4) is 0 Å². The lowest BCUT2D eigenvalue weighted by Crippen LogP contribution is -2.34. The van der Waals surface area contributed by atoms with E-state index in [0.29, 0.717) is 11.7 Å². The van der Waals surface area contributed by atoms with Gasteiger partial charge in [0.05, 0.1) is 0 Å². The van der Waals surface area contributed by atoms with E-state index in [9.17, 15) is 0 Å². The molecule has 3 nitrogen and oxygen atoms in total. The standard InChI is InChI=1S/C16H23N3/c1-3-13-6-8-15(9-7-13)19(2)12-14-5-4-10-18-16(14)11-17/h4-5,10,13,15H,3,6-9,12H2,1-2H3. The highest BCUT2D eigenvalue weighted by molar-refractivity contribution is 5.30. The minimum Gasteiger partial charge on any atom is -0.299 e. The van der Waals surface area contributed by atoms with Crippen molar-refractivity contribution in [2.75, 3.05) is 7.05 Å². The largest absolute Gasteiger partial charge is 0.299 e. The molecule has 1 saturated carbocycles. The first-order valence-electron chi connectivity index (χ1n) is 7.28. The Bertz CT molecular complexity index is 442. The number of hydrogen-bond acceptors (Lipinski definition) is 3. The maximum atomic E-state index is 9.08. The van der Waals surface area contributed by atoms with Crippen LogP contribution in [0.5, 0.6) is 0 Å². The molecule has 0 saturated heterocycles. The van der Waals surface area contributed by atoms with Gasteiger partial charge >= 0.3 is 0 Å². The molecule has 2 rings (SSSR count). The Hall–Kier alpha value is -1.40. The van der Waals surface area contributed by atoms with E-state index in [0.717, 1.165) is 18.0 Å². The van der Waals surface area contributed by atoms with Crippen LogP contribution in [0.4, 0.5) is 0 Å². The van der Waals surface area contributed by atoms with Crippen molar-refractivity contribution < 1.29 is 0 Å². The average molecular weight is 257 g/mol. The maximum absolute atomic E-state index is 9.08. The van der Waals surface area contributed by atoms with Crippen molar-refractivity contribution in [1.82, 2.24) is 9.88 Å². The van der Waals surface area contributed by atoms with E-state index in [-0.39, 0.29) is 0 Å². The lowest BCUT2D eigenvalue weighted by molar-refractivity contribution is 0.157. The van der Waals surface area contributed by atoms with Crippen molar-refractivity contribution in [2.24, 2.45) is 5.92 Å². The average Bonchev–Trinajstić information content (AvgIpc) is 2.48. The second-order valence-electron chi connectivity index (χ2n) is 5.62. The van der Waals surface area contributed by atoms with Crippen LogP contribution in [0.2, 0.25) is 0 Å². The summed E-state index contributed by atoms with van der Waals surface area (Å²) in [7, 11) is 2.17. The quantitative estimate of drug-likeness (QED) is 0.830. The molecule has 0 unspecified atom stereocenters.